The third-order valence-electron chi connectivity index (χ3n) is 4.04. The molecule has 0 heterocycles. The summed E-state index contributed by atoms with van der Waals surface area (Å²) in [5, 5.41) is 15.2. The molecule has 0 spiro atoms. The van der Waals surface area contributed by atoms with Gasteiger partial charge in [-0.15, -0.1) is 0 Å². The second-order valence-corrected chi connectivity index (χ2v) is 6.67. The second kappa shape index (κ2) is 8.24. The fraction of sp³-hybridized carbons (Fsp3) is 0.0476. The highest BCUT2D eigenvalue weighted by Gasteiger charge is 2.39. The summed E-state index contributed by atoms with van der Waals surface area (Å²) in [6.45, 7) is 0. The first-order valence-electron chi connectivity index (χ1n) is 8.14. The Morgan fingerprint density at radius 3 is 2.07 bits per heavy atom. The third kappa shape index (κ3) is 4.13. The summed E-state index contributed by atoms with van der Waals surface area (Å²) in [6.07, 6.45) is 1.37. The van der Waals surface area contributed by atoms with Crippen LogP contribution in [0.4, 0.5) is 4.39 Å². The Morgan fingerprint density at radius 2 is 1.56 bits per heavy atom. The second-order valence-electron chi connectivity index (χ2n) is 5.82. The van der Waals surface area contributed by atoms with Crippen molar-refractivity contribution in [2.24, 2.45) is 5.10 Å². The summed E-state index contributed by atoms with van der Waals surface area (Å²) in [5.74, 6) is -1.09. The minimum absolute atomic E-state index is 0.294. The van der Waals surface area contributed by atoms with Gasteiger partial charge in [-0.3, -0.25) is 4.79 Å². The average Bonchev–Trinajstić information content (AvgIpc) is 2.71. The lowest BCUT2D eigenvalue weighted by Crippen LogP contribution is -2.43. The highest BCUT2D eigenvalue weighted by atomic mass is 79.9. The van der Waals surface area contributed by atoms with E-state index < -0.39 is 17.3 Å². The van der Waals surface area contributed by atoms with E-state index in [1.807, 2.05) is 0 Å². The molecular formula is C21H16BrFN2O2. The van der Waals surface area contributed by atoms with Gasteiger partial charge in [0.25, 0.3) is 5.91 Å². The average molecular weight is 427 g/mol. The number of nitrogens with one attached hydrogen (secondary N) is 1. The van der Waals surface area contributed by atoms with Crippen LogP contribution in [0, 0.1) is 5.82 Å². The molecule has 1 amide bonds. The largest absolute Gasteiger partial charge is 0.372 e. The van der Waals surface area contributed by atoms with E-state index in [4.69, 9.17) is 0 Å². The Labute approximate surface area is 164 Å². The Hall–Kier alpha value is -2.83. The number of amides is 1. The molecule has 0 aliphatic carbocycles. The molecule has 3 rings (SSSR count). The van der Waals surface area contributed by atoms with E-state index in [0.717, 1.165) is 0 Å². The number of hydrogen-bond donors (Lipinski definition) is 2. The summed E-state index contributed by atoms with van der Waals surface area (Å²) in [4.78, 5) is 12.8. The van der Waals surface area contributed by atoms with Crippen LogP contribution in [0.5, 0.6) is 0 Å². The zero-order valence-corrected chi connectivity index (χ0v) is 15.7. The number of halogens is 2. The van der Waals surface area contributed by atoms with Crippen molar-refractivity contribution >= 4 is 28.1 Å². The van der Waals surface area contributed by atoms with Crippen molar-refractivity contribution in [1.82, 2.24) is 5.43 Å². The van der Waals surface area contributed by atoms with Crippen molar-refractivity contribution in [2.75, 3.05) is 0 Å². The monoisotopic (exact) mass is 426 g/mol. The zero-order valence-electron chi connectivity index (χ0n) is 14.1. The maximum atomic E-state index is 13.3. The standard InChI is InChI=1S/C21H16BrFN2O2/c22-18-13-15(11-12-19(18)23)14-24-25-20(26)21(27,16-7-3-1-4-8-16)17-9-5-2-6-10-17/h1-14,27H,(H,25,26). The SMILES string of the molecule is O=C(NN=Cc1ccc(F)c(Br)c1)C(O)(c1ccccc1)c1ccccc1. The van der Waals surface area contributed by atoms with Crippen LogP contribution in [0.2, 0.25) is 0 Å². The van der Waals surface area contributed by atoms with Crippen LogP contribution in [0.15, 0.2) is 88.4 Å². The van der Waals surface area contributed by atoms with Crippen molar-refractivity contribution in [3.63, 3.8) is 0 Å². The molecule has 0 saturated carbocycles. The van der Waals surface area contributed by atoms with Crippen molar-refractivity contribution in [3.8, 4) is 0 Å². The predicted octanol–water partition coefficient (Wildman–Crippen LogP) is 3.97. The van der Waals surface area contributed by atoms with E-state index in [1.165, 1.54) is 24.4 Å². The number of carbonyl (C=O) groups excluding carboxylic acids is 1. The molecule has 0 radical (unpaired) electrons. The lowest BCUT2D eigenvalue weighted by atomic mass is 9.85. The predicted molar refractivity (Wildman–Crippen MR) is 106 cm³/mol. The number of nitrogens with zero attached hydrogens (tertiary/aromatic N) is 1. The number of rotatable bonds is 5. The van der Waals surface area contributed by atoms with E-state index in [9.17, 15) is 14.3 Å². The van der Waals surface area contributed by atoms with Gasteiger partial charge in [0, 0.05) is 0 Å². The van der Waals surface area contributed by atoms with Gasteiger partial charge in [-0.1, -0.05) is 66.7 Å². The minimum atomic E-state index is -1.90. The normalized spacial score (nSPS) is 11.5. The van der Waals surface area contributed by atoms with Crippen molar-refractivity contribution in [1.29, 1.82) is 0 Å². The van der Waals surface area contributed by atoms with E-state index >= 15 is 0 Å². The van der Waals surface area contributed by atoms with Gasteiger partial charge in [-0.05, 0) is 44.8 Å². The summed E-state index contributed by atoms with van der Waals surface area (Å²) < 4.78 is 13.6. The molecule has 27 heavy (non-hydrogen) atoms. The maximum absolute atomic E-state index is 13.3. The molecule has 0 unspecified atom stereocenters. The molecule has 3 aromatic rings. The Balaban J connectivity index is 1.88. The lowest BCUT2D eigenvalue weighted by molar-refractivity contribution is -0.136. The molecule has 136 valence electrons. The van der Waals surface area contributed by atoms with Crippen molar-refractivity contribution in [3.05, 3.63) is 106 Å². The van der Waals surface area contributed by atoms with Crippen LogP contribution in [-0.2, 0) is 10.4 Å². The first-order chi connectivity index (χ1) is 13.0. The van der Waals surface area contributed by atoms with Crippen LogP contribution < -0.4 is 5.43 Å². The molecule has 0 bridgehead atoms. The van der Waals surface area contributed by atoms with Crippen LogP contribution >= 0.6 is 15.9 Å². The molecule has 0 atom stereocenters. The molecule has 0 fully saturated rings. The smallest absolute Gasteiger partial charge is 0.281 e. The number of aliphatic hydroxyl groups is 1. The summed E-state index contributed by atoms with van der Waals surface area (Å²) >= 11 is 3.10. The molecule has 0 saturated heterocycles. The fourth-order valence-electron chi connectivity index (χ4n) is 2.63. The van der Waals surface area contributed by atoms with Gasteiger partial charge in [-0.2, -0.15) is 5.10 Å². The Kier molecular flexibility index (Phi) is 5.78. The van der Waals surface area contributed by atoms with Gasteiger partial charge >= 0.3 is 0 Å². The van der Waals surface area contributed by atoms with Crippen LogP contribution in [0.25, 0.3) is 0 Å². The summed E-state index contributed by atoms with van der Waals surface area (Å²) in [6, 6.07) is 21.6. The molecule has 0 aliphatic rings. The van der Waals surface area contributed by atoms with Gasteiger partial charge in [0.2, 0.25) is 0 Å². The molecular weight excluding hydrogens is 411 g/mol. The van der Waals surface area contributed by atoms with Crippen LogP contribution in [-0.4, -0.2) is 17.2 Å². The molecule has 3 aromatic carbocycles. The number of hydrazone groups is 1. The molecule has 2 N–H and O–H groups in total. The molecule has 4 nitrogen and oxygen atoms in total. The highest BCUT2D eigenvalue weighted by Crippen LogP contribution is 2.29. The van der Waals surface area contributed by atoms with E-state index in [2.05, 4.69) is 26.5 Å². The number of hydrogen-bond acceptors (Lipinski definition) is 3. The third-order valence-corrected chi connectivity index (χ3v) is 4.64. The summed E-state index contributed by atoms with van der Waals surface area (Å²) in [5.41, 5.74) is 1.91. The van der Waals surface area contributed by atoms with E-state index in [0.29, 0.717) is 21.2 Å². The number of benzene rings is 3. The fourth-order valence-corrected chi connectivity index (χ4v) is 3.02. The Bertz CT molecular complexity index is 923. The van der Waals surface area contributed by atoms with E-state index in [1.54, 1.807) is 60.7 Å². The Morgan fingerprint density at radius 1 is 1.00 bits per heavy atom. The minimum Gasteiger partial charge on any atom is -0.372 e. The van der Waals surface area contributed by atoms with Gasteiger partial charge in [0.05, 0.1) is 10.7 Å². The van der Waals surface area contributed by atoms with Crippen LogP contribution in [0.1, 0.15) is 16.7 Å². The van der Waals surface area contributed by atoms with Gasteiger partial charge in [-0.25, -0.2) is 9.82 Å². The van der Waals surface area contributed by atoms with Crippen LogP contribution in [0.3, 0.4) is 0 Å². The first-order valence-corrected chi connectivity index (χ1v) is 8.93. The quantitative estimate of drug-likeness (QED) is 0.478. The number of carbonyl (C=O) groups is 1. The van der Waals surface area contributed by atoms with Gasteiger partial charge < -0.3 is 5.11 Å². The molecule has 0 aromatic heterocycles. The van der Waals surface area contributed by atoms with Gasteiger partial charge in [0.15, 0.2) is 5.60 Å². The lowest BCUT2D eigenvalue weighted by Gasteiger charge is -2.27. The van der Waals surface area contributed by atoms with E-state index in [-0.39, 0.29) is 0 Å². The highest BCUT2D eigenvalue weighted by molar-refractivity contribution is 9.10. The molecule has 0 aliphatic heterocycles. The zero-order chi connectivity index (χ0) is 19.3. The summed E-state index contributed by atoms with van der Waals surface area (Å²) in [7, 11) is 0. The van der Waals surface area contributed by atoms with Gasteiger partial charge in [0.1, 0.15) is 5.82 Å². The van der Waals surface area contributed by atoms with Crippen molar-refractivity contribution in [2.45, 2.75) is 5.60 Å². The van der Waals surface area contributed by atoms with Crippen molar-refractivity contribution < 1.29 is 14.3 Å². The molecule has 6 heteroatoms. The maximum Gasteiger partial charge on any atom is 0.281 e. The first kappa shape index (κ1) is 18.9. The topological polar surface area (TPSA) is 61.7 Å².